The molecule has 5 nitrogen and oxygen atoms in total. The number of ether oxygens (including phenoxy) is 1. The number of hydrogen-bond acceptors (Lipinski definition) is 5. The van der Waals surface area contributed by atoms with Crippen molar-refractivity contribution in [1.29, 1.82) is 0 Å². The normalized spacial score (nSPS) is 9.57. The molecule has 76 valence electrons. The van der Waals surface area contributed by atoms with Crippen molar-refractivity contribution in [2.45, 2.75) is 13.8 Å². The van der Waals surface area contributed by atoms with E-state index in [4.69, 9.17) is 4.74 Å². The Labute approximate surface area is 82.5 Å². The van der Waals surface area contributed by atoms with Crippen molar-refractivity contribution in [3.05, 3.63) is 18.0 Å². The number of nitrogens with one attached hydrogen (secondary N) is 1. The van der Waals surface area contributed by atoms with Crippen LogP contribution in [0.4, 0.5) is 5.95 Å². The van der Waals surface area contributed by atoms with Gasteiger partial charge in [0, 0.05) is 11.9 Å². The monoisotopic (exact) mass is 195 g/mol. The van der Waals surface area contributed by atoms with Crippen LogP contribution in [0.3, 0.4) is 0 Å². The summed E-state index contributed by atoms with van der Waals surface area (Å²) in [5.41, 5.74) is 0.853. The summed E-state index contributed by atoms with van der Waals surface area (Å²) in [6, 6.07) is 1.79. The highest BCUT2D eigenvalue weighted by Crippen LogP contribution is 1.97. The molecule has 1 rings (SSSR count). The average molecular weight is 195 g/mol. The first kappa shape index (κ1) is 10.4. The number of carbonyl (C=O) groups excluding carboxylic acids is 1. The molecule has 14 heavy (non-hydrogen) atoms. The van der Waals surface area contributed by atoms with Crippen LogP contribution in [0.2, 0.25) is 0 Å². The molecular weight excluding hydrogens is 182 g/mol. The predicted molar refractivity (Wildman–Crippen MR) is 51.9 cm³/mol. The molecule has 0 aromatic carbocycles. The largest absolute Gasteiger partial charge is 0.465 e. The van der Waals surface area contributed by atoms with Crippen LogP contribution in [0, 0.1) is 6.92 Å². The van der Waals surface area contributed by atoms with Crippen LogP contribution in [0.1, 0.15) is 12.6 Å². The molecule has 1 N–H and O–H groups in total. The molecule has 0 saturated carbocycles. The molecule has 0 aliphatic rings. The Morgan fingerprint density at radius 3 is 3.07 bits per heavy atom. The lowest BCUT2D eigenvalue weighted by molar-refractivity contribution is -0.140. The minimum atomic E-state index is -0.308. The third-order valence-corrected chi connectivity index (χ3v) is 1.49. The van der Waals surface area contributed by atoms with Crippen LogP contribution >= 0.6 is 0 Å². The van der Waals surface area contributed by atoms with Crippen molar-refractivity contribution in [2.24, 2.45) is 0 Å². The molecule has 0 radical (unpaired) electrons. The predicted octanol–water partition coefficient (Wildman–Crippen LogP) is 0.760. The zero-order valence-electron chi connectivity index (χ0n) is 8.28. The molecule has 0 fully saturated rings. The molecule has 5 heteroatoms. The van der Waals surface area contributed by atoms with Crippen molar-refractivity contribution in [3.8, 4) is 0 Å². The van der Waals surface area contributed by atoms with Crippen LogP contribution in [0.25, 0.3) is 0 Å². The van der Waals surface area contributed by atoms with Gasteiger partial charge in [0.2, 0.25) is 5.95 Å². The van der Waals surface area contributed by atoms with E-state index in [1.165, 1.54) is 0 Å². The Hall–Kier alpha value is -1.65. The smallest absolute Gasteiger partial charge is 0.325 e. The van der Waals surface area contributed by atoms with E-state index in [9.17, 15) is 4.79 Å². The van der Waals surface area contributed by atoms with E-state index >= 15 is 0 Å². The quantitative estimate of drug-likeness (QED) is 0.718. The molecule has 0 saturated heterocycles. The molecule has 0 amide bonds. The SMILES string of the molecule is CCOC(=O)CNc1nccc(C)n1. The van der Waals surface area contributed by atoms with Gasteiger partial charge in [-0.3, -0.25) is 4.79 Å². The fraction of sp³-hybridized carbons (Fsp3) is 0.444. The van der Waals surface area contributed by atoms with E-state index in [2.05, 4.69) is 15.3 Å². The van der Waals surface area contributed by atoms with Gasteiger partial charge >= 0.3 is 5.97 Å². The molecule has 0 spiro atoms. The number of rotatable bonds is 4. The maximum Gasteiger partial charge on any atom is 0.325 e. The summed E-state index contributed by atoms with van der Waals surface area (Å²) in [5, 5.41) is 2.77. The number of carbonyl (C=O) groups is 1. The van der Waals surface area contributed by atoms with Crippen LogP contribution in [-0.2, 0) is 9.53 Å². The van der Waals surface area contributed by atoms with Crippen molar-refractivity contribution in [3.63, 3.8) is 0 Å². The second kappa shape index (κ2) is 5.16. The first-order valence-electron chi connectivity index (χ1n) is 4.41. The number of aryl methyl sites for hydroxylation is 1. The highest BCUT2D eigenvalue weighted by Gasteiger charge is 2.02. The van der Waals surface area contributed by atoms with Gasteiger partial charge in [-0.25, -0.2) is 9.97 Å². The lowest BCUT2D eigenvalue weighted by Gasteiger charge is -2.04. The van der Waals surface area contributed by atoms with Gasteiger partial charge in [0.1, 0.15) is 6.54 Å². The Balaban J connectivity index is 2.41. The van der Waals surface area contributed by atoms with Crippen molar-refractivity contribution < 1.29 is 9.53 Å². The Kier molecular flexibility index (Phi) is 3.84. The van der Waals surface area contributed by atoms with Crippen molar-refractivity contribution in [1.82, 2.24) is 9.97 Å². The van der Waals surface area contributed by atoms with E-state index in [0.29, 0.717) is 12.6 Å². The van der Waals surface area contributed by atoms with E-state index in [-0.39, 0.29) is 12.5 Å². The van der Waals surface area contributed by atoms with Gasteiger partial charge in [0.15, 0.2) is 0 Å². The topological polar surface area (TPSA) is 64.1 Å². The molecule has 0 atom stereocenters. The molecule has 1 aromatic heterocycles. The number of esters is 1. The van der Waals surface area contributed by atoms with Gasteiger partial charge < -0.3 is 10.1 Å². The number of nitrogens with zero attached hydrogens (tertiary/aromatic N) is 2. The van der Waals surface area contributed by atoms with Crippen molar-refractivity contribution in [2.75, 3.05) is 18.5 Å². The summed E-state index contributed by atoms with van der Waals surface area (Å²) in [6.45, 7) is 4.10. The van der Waals surface area contributed by atoms with Crippen LogP contribution in [-0.4, -0.2) is 29.1 Å². The van der Waals surface area contributed by atoms with Crippen LogP contribution in [0.5, 0.6) is 0 Å². The molecule has 1 heterocycles. The van der Waals surface area contributed by atoms with Gasteiger partial charge in [-0.05, 0) is 19.9 Å². The van der Waals surface area contributed by atoms with Crippen molar-refractivity contribution >= 4 is 11.9 Å². The van der Waals surface area contributed by atoms with Gasteiger partial charge in [0.05, 0.1) is 6.61 Å². The highest BCUT2D eigenvalue weighted by molar-refractivity contribution is 5.74. The minimum Gasteiger partial charge on any atom is -0.465 e. The molecule has 0 aliphatic heterocycles. The van der Waals surface area contributed by atoms with E-state index in [1.807, 2.05) is 6.92 Å². The highest BCUT2D eigenvalue weighted by atomic mass is 16.5. The molecule has 1 aromatic rings. The van der Waals surface area contributed by atoms with E-state index in [1.54, 1.807) is 19.2 Å². The maximum absolute atomic E-state index is 11.0. The van der Waals surface area contributed by atoms with Gasteiger partial charge in [0.25, 0.3) is 0 Å². The Morgan fingerprint density at radius 1 is 1.64 bits per heavy atom. The second-order valence-corrected chi connectivity index (χ2v) is 2.68. The standard InChI is InChI=1S/C9H13N3O2/c1-3-14-8(13)6-11-9-10-5-4-7(2)12-9/h4-5H,3,6H2,1-2H3,(H,10,11,12). The van der Waals surface area contributed by atoms with Gasteiger partial charge in [-0.1, -0.05) is 0 Å². The fourth-order valence-corrected chi connectivity index (χ4v) is 0.897. The third-order valence-electron chi connectivity index (χ3n) is 1.49. The zero-order chi connectivity index (χ0) is 10.4. The maximum atomic E-state index is 11.0. The first-order valence-corrected chi connectivity index (χ1v) is 4.41. The van der Waals surface area contributed by atoms with Gasteiger partial charge in [-0.15, -0.1) is 0 Å². The van der Waals surface area contributed by atoms with E-state index in [0.717, 1.165) is 5.69 Å². The Bertz CT molecular complexity index is 315. The summed E-state index contributed by atoms with van der Waals surface area (Å²) in [5.74, 6) is 0.135. The molecule has 0 aliphatic carbocycles. The Morgan fingerprint density at radius 2 is 2.43 bits per heavy atom. The number of aromatic nitrogens is 2. The summed E-state index contributed by atoms with van der Waals surface area (Å²) >= 11 is 0. The average Bonchev–Trinajstić information content (AvgIpc) is 2.15. The second-order valence-electron chi connectivity index (χ2n) is 2.68. The molecule has 0 unspecified atom stereocenters. The van der Waals surface area contributed by atoms with Gasteiger partial charge in [-0.2, -0.15) is 0 Å². The lowest BCUT2D eigenvalue weighted by atomic mass is 10.5. The molecule has 0 bridgehead atoms. The summed E-state index contributed by atoms with van der Waals surface area (Å²) in [7, 11) is 0. The fourth-order valence-electron chi connectivity index (χ4n) is 0.897. The van der Waals surface area contributed by atoms with E-state index < -0.39 is 0 Å². The molecular formula is C9H13N3O2. The van der Waals surface area contributed by atoms with Crippen LogP contribution in [0.15, 0.2) is 12.3 Å². The van der Waals surface area contributed by atoms with Crippen LogP contribution < -0.4 is 5.32 Å². The lowest BCUT2D eigenvalue weighted by Crippen LogP contribution is -2.18. The zero-order valence-corrected chi connectivity index (χ0v) is 8.28. The third kappa shape index (κ3) is 3.38. The summed E-state index contributed by atoms with van der Waals surface area (Å²) < 4.78 is 4.74. The number of anilines is 1. The number of hydrogen-bond donors (Lipinski definition) is 1. The first-order chi connectivity index (χ1) is 6.72. The minimum absolute atomic E-state index is 0.0945. The summed E-state index contributed by atoms with van der Waals surface area (Å²) in [4.78, 5) is 19.0. The summed E-state index contributed by atoms with van der Waals surface area (Å²) in [6.07, 6.45) is 1.63.